The molecule has 4 heteroatoms. The lowest BCUT2D eigenvalue weighted by atomic mass is 9.93. The van der Waals surface area contributed by atoms with E-state index < -0.39 is 11.8 Å². The number of benzene rings is 1. The summed E-state index contributed by atoms with van der Waals surface area (Å²) in [6, 6.07) is 8.55. The highest BCUT2D eigenvalue weighted by molar-refractivity contribution is 5.34. The van der Waals surface area contributed by atoms with Crippen molar-refractivity contribution in [2.24, 2.45) is 0 Å². The molecule has 2 aliphatic carbocycles. The summed E-state index contributed by atoms with van der Waals surface area (Å²) in [5.74, 6) is -2.27. The van der Waals surface area contributed by atoms with E-state index in [9.17, 15) is 8.78 Å². The summed E-state index contributed by atoms with van der Waals surface area (Å²) in [7, 11) is 0. The molecule has 108 valence electrons. The van der Waals surface area contributed by atoms with E-state index in [4.69, 9.17) is 4.74 Å². The third kappa shape index (κ3) is 2.30. The third-order valence-corrected chi connectivity index (χ3v) is 4.85. The molecule has 0 radical (unpaired) electrons. The Kier molecular flexibility index (Phi) is 2.78. The molecule has 20 heavy (non-hydrogen) atoms. The second-order valence-electron chi connectivity index (χ2n) is 6.33. The van der Waals surface area contributed by atoms with Gasteiger partial charge in [0, 0.05) is 19.0 Å². The fourth-order valence-corrected chi connectivity index (χ4v) is 3.07. The summed E-state index contributed by atoms with van der Waals surface area (Å²) in [5.41, 5.74) is 0.727. The minimum Gasteiger partial charge on any atom is -0.492 e. The maximum atomic E-state index is 13.0. The van der Waals surface area contributed by atoms with Crippen LogP contribution in [0.25, 0.3) is 0 Å². The first-order valence-electron chi connectivity index (χ1n) is 7.50. The number of hydrogen-bond donors (Lipinski definition) is 0. The molecule has 4 rings (SSSR count). The smallest absolute Gasteiger partial charge is 0.255 e. The highest BCUT2D eigenvalue weighted by Gasteiger charge is 2.57. The van der Waals surface area contributed by atoms with Crippen molar-refractivity contribution >= 4 is 0 Å². The molecule has 0 spiro atoms. The summed E-state index contributed by atoms with van der Waals surface area (Å²) in [5, 5.41) is 0. The molecule has 0 amide bonds. The lowest BCUT2D eigenvalue weighted by Crippen LogP contribution is -2.29. The van der Waals surface area contributed by atoms with E-state index in [-0.39, 0.29) is 6.42 Å². The van der Waals surface area contributed by atoms with Gasteiger partial charge in [-0.15, -0.1) is 0 Å². The minimum atomic E-state index is -2.49. The third-order valence-electron chi connectivity index (χ3n) is 4.85. The molecule has 3 aliphatic rings. The minimum absolute atomic E-state index is 0.00831. The van der Waals surface area contributed by atoms with Crippen LogP contribution in [-0.4, -0.2) is 36.1 Å². The fourth-order valence-electron chi connectivity index (χ4n) is 3.07. The van der Waals surface area contributed by atoms with Crippen molar-refractivity contribution in [3.63, 3.8) is 0 Å². The van der Waals surface area contributed by atoms with E-state index in [1.807, 2.05) is 12.1 Å². The first-order valence-corrected chi connectivity index (χ1v) is 7.50. The van der Waals surface area contributed by atoms with Crippen LogP contribution in [0.15, 0.2) is 24.3 Å². The second kappa shape index (κ2) is 4.42. The second-order valence-corrected chi connectivity index (χ2v) is 6.33. The van der Waals surface area contributed by atoms with Crippen molar-refractivity contribution in [3.8, 4) is 5.75 Å². The maximum Gasteiger partial charge on any atom is 0.255 e. The summed E-state index contributed by atoms with van der Waals surface area (Å²) in [6.07, 6.45) is 4.02. The van der Waals surface area contributed by atoms with Gasteiger partial charge in [0.15, 0.2) is 0 Å². The number of ether oxygens (including phenoxy) is 1. The topological polar surface area (TPSA) is 12.2 Å². The first-order chi connectivity index (χ1) is 9.63. The van der Waals surface area contributed by atoms with E-state index in [1.54, 1.807) is 12.1 Å². The lowest BCUT2D eigenvalue weighted by molar-refractivity contribution is 0.112. The molecule has 1 aromatic carbocycles. The highest BCUT2D eigenvalue weighted by atomic mass is 19.3. The maximum absolute atomic E-state index is 13.0. The molecule has 2 saturated carbocycles. The Balaban J connectivity index is 1.27. The van der Waals surface area contributed by atoms with Gasteiger partial charge in [0.2, 0.25) is 0 Å². The molecule has 3 fully saturated rings. The molecule has 0 aromatic heterocycles. The average molecular weight is 279 g/mol. The molecule has 2 nitrogen and oxygen atoms in total. The van der Waals surface area contributed by atoms with Gasteiger partial charge >= 0.3 is 0 Å². The Morgan fingerprint density at radius 1 is 1.20 bits per heavy atom. The standard InChI is InChI=1S/C16H19F2NO/c17-16(18)8-15(16)11-4-6-14(7-5-11)20-10-13-9-19(13)12-2-1-3-12/h4-7,12-13,15H,1-3,8-10H2. The molecule has 3 unspecified atom stereocenters. The molecule has 0 bridgehead atoms. The molecule has 1 aromatic rings. The van der Waals surface area contributed by atoms with E-state index in [0.29, 0.717) is 6.04 Å². The van der Waals surface area contributed by atoms with Gasteiger partial charge in [-0.05, 0) is 30.5 Å². The Hall–Kier alpha value is -1.16. The average Bonchev–Trinajstić information content (AvgIpc) is 3.24. The zero-order chi connectivity index (χ0) is 13.7. The van der Waals surface area contributed by atoms with Crippen LogP contribution in [-0.2, 0) is 0 Å². The number of rotatable bonds is 5. The van der Waals surface area contributed by atoms with Gasteiger partial charge in [-0.3, -0.25) is 4.90 Å². The molecular weight excluding hydrogens is 260 g/mol. The monoisotopic (exact) mass is 279 g/mol. The molecule has 0 N–H and O–H groups in total. The van der Waals surface area contributed by atoms with Crippen molar-refractivity contribution in [3.05, 3.63) is 29.8 Å². The molecule has 1 saturated heterocycles. The Morgan fingerprint density at radius 3 is 2.45 bits per heavy atom. The first kappa shape index (κ1) is 12.6. The Bertz CT molecular complexity index is 498. The van der Waals surface area contributed by atoms with E-state index in [2.05, 4.69) is 4.90 Å². The van der Waals surface area contributed by atoms with Crippen LogP contribution in [0.2, 0.25) is 0 Å². The summed E-state index contributed by atoms with van der Waals surface area (Å²) >= 11 is 0. The van der Waals surface area contributed by atoms with Gasteiger partial charge in [-0.2, -0.15) is 0 Å². The van der Waals surface area contributed by atoms with E-state index >= 15 is 0 Å². The van der Waals surface area contributed by atoms with Crippen molar-refractivity contribution < 1.29 is 13.5 Å². The van der Waals surface area contributed by atoms with Crippen molar-refractivity contribution in [2.45, 2.75) is 49.6 Å². The van der Waals surface area contributed by atoms with Crippen LogP contribution in [0.1, 0.15) is 37.2 Å². The van der Waals surface area contributed by atoms with Gasteiger partial charge in [0.05, 0.1) is 12.0 Å². The van der Waals surface area contributed by atoms with Gasteiger partial charge in [0.25, 0.3) is 5.92 Å². The van der Waals surface area contributed by atoms with Gasteiger partial charge < -0.3 is 4.74 Å². The molecular formula is C16H19F2NO. The molecule has 1 aliphatic heterocycles. The Morgan fingerprint density at radius 2 is 1.90 bits per heavy atom. The Labute approximate surface area is 117 Å². The molecule has 1 heterocycles. The predicted octanol–water partition coefficient (Wildman–Crippen LogP) is 3.42. The quantitative estimate of drug-likeness (QED) is 0.766. The number of nitrogens with zero attached hydrogens (tertiary/aromatic N) is 1. The van der Waals surface area contributed by atoms with E-state index in [1.165, 1.54) is 19.3 Å². The lowest BCUT2D eigenvalue weighted by Gasteiger charge is -2.27. The SMILES string of the molecule is FC1(F)CC1c1ccc(OCC2CN2C2CCC2)cc1. The summed E-state index contributed by atoms with van der Waals surface area (Å²) in [6.45, 7) is 1.87. The van der Waals surface area contributed by atoms with Crippen LogP contribution in [0.5, 0.6) is 5.75 Å². The van der Waals surface area contributed by atoms with Gasteiger partial charge in [-0.1, -0.05) is 18.6 Å². The van der Waals surface area contributed by atoms with Crippen LogP contribution in [0.3, 0.4) is 0 Å². The fraction of sp³-hybridized carbons (Fsp3) is 0.625. The summed E-state index contributed by atoms with van der Waals surface area (Å²) in [4.78, 5) is 2.50. The number of hydrogen-bond acceptors (Lipinski definition) is 2. The van der Waals surface area contributed by atoms with Crippen LogP contribution in [0, 0.1) is 0 Å². The highest BCUT2D eigenvalue weighted by Crippen LogP contribution is 2.55. The van der Waals surface area contributed by atoms with Crippen LogP contribution >= 0.6 is 0 Å². The zero-order valence-corrected chi connectivity index (χ0v) is 11.4. The normalized spacial score (nSPS) is 34.4. The van der Waals surface area contributed by atoms with Crippen molar-refractivity contribution in [1.82, 2.24) is 4.90 Å². The van der Waals surface area contributed by atoms with Gasteiger partial charge in [0.1, 0.15) is 12.4 Å². The predicted molar refractivity (Wildman–Crippen MR) is 72.4 cm³/mol. The molecule has 3 atom stereocenters. The van der Waals surface area contributed by atoms with E-state index in [0.717, 1.165) is 30.5 Å². The van der Waals surface area contributed by atoms with Crippen molar-refractivity contribution in [2.75, 3.05) is 13.2 Å². The van der Waals surface area contributed by atoms with Crippen molar-refractivity contribution in [1.29, 1.82) is 0 Å². The van der Waals surface area contributed by atoms with Gasteiger partial charge in [-0.25, -0.2) is 8.78 Å². The van der Waals surface area contributed by atoms with Crippen LogP contribution in [0.4, 0.5) is 8.78 Å². The summed E-state index contributed by atoms with van der Waals surface area (Å²) < 4.78 is 31.7. The number of halogens is 2. The number of alkyl halides is 2. The zero-order valence-electron chi connectivity index (χ0n) is 11.4. The largest absolute Gasteiger partial charge is 0.492 e. The van der Waals surface area contributed by atoms with Crippen LogP contribution < -0.4 is 4.74 Å².